The van der Waals surface area contributed by atoms with Crippen LogP contribution < -0.4 is 14.4 Å². The monoisotopic (exact) mass is 725 g/mol. The van der Waals surface area contributed by atoms with Gasteiger partial charge < -0.3 is 15.0 Å². The summed E-state index contributed by atoms with van der Waals surface area (Å²) in [6.07, 6.45) is 4.91. The Morgan fingerprint density at radius 1 is 0.918 bits per heavy atom. The molecule has 1 atom stereocenters. The van der Waals surface area contributed by atoms with Crippen LogP contribution in [0.5, 0.6) is 5.75 Å². The molecule has 0 radical (unpaired) electrons. The summed E-state index contributed by atoms with van der Waals surface area (Å²) in [7, 11) is -2.91. The largest absolute Gasteiger partial charge is 0.497 e. The molecule has 4 aromatic carbocycles. The maximum atomic E-state index is 14.7. The molecule has 12 heteroatoms. The van der Waals surface area contributed by atoms with Gasteiger partial charge >= 0.3 is 0 Å². The van der Waals surface area contributed by atoms with E-state index in [0.29, 0.717) is 16.3 Å². The van der Waals surface area contributed by atoms with E-state index in [2.05, 4.69) is 5.32 Å². The van der Waals surface area contributed by atoms with E-state index in [1.54, 1.807) is 18.2 Å². The molecule has 0 heterocycles. The van der Waals surface area contributed by atoms with E-state index >= 15 is 0 Å². The molecular weight excluding hydrogens is 688 g/mol. The highest BCUT2D eigenvalue weighted by molar-refractivity contribution is 7.92. The van der Waals surface area contributed by atoms with Gasteiger partial charge in [-0.15, -0.1) is 0 Å². The molecule has 1 fully saturated rings. The van der Waals surface area contributed by atoms with Crippen molar-refractivity contribution in [2.24, 2.45) is 0 Å². The molecule has 258 valence electrons. The summed E-state index contributed by atoms with van der Waals surface area (Å²) in [5.74, 6) is -1.13. The lowest BCUT2D eigenvalue weighted by atomic mass is 9.94. The van der Waals surface area contributed by atoms with Crippen LogP contribution in [0.4, 0.5) is 10.1 Å². The highest BCUT2D eigenvalue weighted by atomic mass is 35.5. The molecular formula is C37H38Cl2FN3O5S. The van der Waals surface area contributed by atoms with Crippen molar-refractivity contribution in [1.82, 2.24) is 10.2 Å². The highest BCUT2D eigenvalue weighted by Gasteiger charge is 2.35. The van der Waals surface area contributed by atoms with Gasteiger partial charge in [-0.3, -0.25) is 13.9 Å². The molecule has 5 rings (SSSR count). The number of hydrogen-bond acceptors (Lipinski definition) is 5. The van der Waals surface area contributed by atoms with Gasteiger partial charge in [0.05, 0.1) is 17.7 Å². The van der Waals surface area contributed by atoms with Gasteiger partial charge in [0.15, 0.2) is 0 Å². The predicted molar refractivity (Wildman–Crippen MR) is 190 cm³/mol. The van der Waals surface area contributed by atoms with Crippen molar-refractivity contribution in [3.8, 4) is 5.75 Å². The molecule has 2 amide bonds. The molecule has 1 saturated carbocycles. The zero-order valence-electron chi connectivity index (χ0n) is 27.0. The minimum absolute atomic E-state index is 0.0400. The highest BCUT2D eigenvalue weighted by Crippen LogP contribution is 2.28. The van der Waals surface area contributed by atoms with Crippen molar-refractivity contribution in [2.45, 2.75) is 62.0 Å². The van der Waals surface area contributed by atoms with Gasteiger partial charge in [0.2, 0.25) is 11.8 Å². The van der Waals surface area contributed by atoms with Gasteiger partial charge in [-0.2, -0.15) is 0 Å². The van der Waals surface area contributed by atoms with Crippen LogP contribution in [0.3, 0.4) is 0 Å². The number of rotatable bonds is 13. The maximum absolute atomic E-state index is 14.7. The molecule has 0 bridgehead atoms. The van der Waals surface area contributed by atoms with Crippen LogP contribution in [0, 0.1) is 5.82 Å². The molecule has 49 heavy (non-hydrogen) atoms. The molecule has 0 unspecified atom stereocenters. The first-order valence-electron chi connectivity index (χ1n) is 16.0. The Labute approximate surface area is 296 Å². The molecule has 1 N–H and O–H groups in total. The van der Waals surface area contributed by atoms with Crippen molar-refractivity contribution in [3.63, 3.8) is 0 Å². The Morgan fingerprint density at radius 3 is 2.22 bits per heavy atom. The third kappa shape index (κ3) is 9.32. The Bertz CT molecular complexity index is 1840. The number of halogens is 3. The van der Waals surface area contributed by atoms with E-state index < -0.39 is 34.3 Å². The third-order valence-corrected chi connectivity index (χ3v) is 11.0. The second-order valence-electron chi connectivity index (χ2n) is 12.0. The standard InChI is InChI=1S/C37H38Cl2FN3O5S/c1-48-32-18-20-33(21-19-32)49(46,47)43(31-16-14-29(40)15-17-31)25-36(44)42(24-27-12-13-28(38)23-34(27)39)35(22-26-8-4-2-5-9-26)37(45)41-30-10-6-3-7-11-30/h2,4-5,8-9,12-21,23,30,35H,3,6-7,10-11,22,24-25H2,1H3,(H,41,45)/t35-/m0/s1. The fourth-order valence-electron chi connectivity index (χ4n) is 5.94. The number of nitrogens with zero attached hydrogens (tertiary/aromatic N) is 2. The first kappa shape index (κ1) is 36.2. The van der Waals surface area contributed by atoms with Crippen LogP contribution in [0.25, 0.3) is 0 Å². The first-order valence-corrected chi connectivity index (χ1v) is 18.2. The van der Waals surface area contributed by atoms with Crippen molar-refractivity contribution < 1.29 is 27.1 Å². The Balaban J connectivity index is 1.57. The van der Waals surface area contributed by atoms with Gasteiger partial charge in [-0.05, 0) is 84.6 Å². The zero-order valence-corrected chi connectivity index (χ0v) is 29.4. The van der Waals surface area contributed by atoms with Crippen LogP contribution in [0.1, 0.15) is 43.2 Å². The lowest BCUT2D eigenvalue weighted by Gasteiger charge is -2.35. The summed E-state index contributed by atoms with van der Waals surface area (Å²) in [6.45, 7) is -0.794. The first-order chi connectivity index (χ1) is 23.5. The van der Waals surface area contributed by atoms with Gasteiger partial charge in [-0.25, -0.2) is 12.8 Å². The minimum atomic E-state index is -4.37. The number of sulfonamides is 1. The number of anilines is 1. The molecule has 4 aromatic rings. The van der Waals surface area contributed by atoms with Crippen molar-refractivity contribution >= 4 is 50.7 Å². The van der Waals surface area contributed by atoms with Gasteiger partial charge in [0.25, 0.3) is 10.0 Å². The van der Waals surface area contributed by atoms with E-state index in [-0.39, 0.29) is 40.5 Å². The molecule has 0 spiro atoms. The number of hydrogen-bond donors (Lipinski definition) is 1. The lowest BCUT2D eigenvalue weighted by molar-refractivity contribution is -0.140. The average Bonchev–Trinajstić information content (AvgIpc) is 3.10. The topological polar surface area (TPSA) is 96.0 Å². The average molecular weight is 727 g/mol. The Kier molecular flexibility index (Phi) is 12.2. The van der Waals surface area contributed by atoms with Crippen LogP contribution in [-0.2, 0) is 32.6 Å². The molecule has 0 aliphatic heterocycles. The van der Waals surface area contributed by atoms with Crippen molar-refractivity contribution in [2.75, 3.05) is 18.0 Å². The van der Waals surface area contributed by atoms with Gasteiger partial charge in [0.1, 0.15) is 24.2 Å². The third-order valence-electron chi connectivity index (χ3n) is 8.62. The minimum Gasteiger partial charge on any atom is -0.497 e. The number of carbonyl (C=O) groups is 2. The number of carbonyl (C=O) groups excluding carboxylic acids is 2. The number of ether oxygens (including phenoxy) is 1. The summed E-state index contributed by atoms with van der Waals surface area (Å²) in [5, 5.41) is 3.86. The van der Waals surface area contributed by atoms with Crippen molar-refractivity contribution in [1.29, 1.82) is 0 Å². The van der Waals surface area contributed by atoms with Crippen LogP contribution in [0.15, 0.2) is 102 Å². The quantitative estimate of drug-likeness (QED) is 0.155. The van der Waals surface area contributed by atoms with E-state index in [4.69, 9.17) is 27.9 Å². The molecule has 1 aliphatic rings. The zero-order chi connectivity index (χ0) is 35.0. The number of benzene rings is 4. The summed E-state index contributed by atoms with van der Waals surface area (Å²) in [4.78, 5) is 30.2. The smallest absolute Gasteiger partial charge is 0.264 e. The summed E-state index contributed by atoms with van der Waals surface area (Å²) in [6, 6.07) is 23.7. The van der Waals surface area contributed by atoms with Gasteiger partial charge in [0, 0.05) is 29.1 Å². The fourth-order valence-corrected chi connectivity index (χ4v) is 7.83. The molecule has 8 nitrogen and oxygen atoms in total. The molecule has 0 saturated heterocycles. The summed E-state index contributed by atoms with van der Waals surface area (Å²) in [5.41, 5.74) is 1.41. The lowest BCUT2D eigenvalue weighted by Crippen LogP contribution is -2.55. The Morgan fingerprint density at radius 2 is 1.59 bits per heavy atom. The second-order valence-corrected chi connectivity index (χ2v) is 14.7. The number of methoxy groups -OCH3 is 1. The van der Waals surface area contributed by atoms with Crippen LogP contribution >= 0.6 is 23.2 Å². The van der Waals surface area contributed by atoms with Crippen LogP contribution in [-0.4, -0.2) is 50.9 Å². The SMILES string of the molecule is COc1ccc(S(=O)(=O)N(CC(=O)N(Cc2ccc(Cl)cc2Cl)[C@@H](Cc2ccccc2)C(=O)NC2CCCCC2)c2ccc(F)cc2)cc1. The van der Waals surface area contributed by atoms with E-state index in [1.165, 1.54) is 48.4 Å². The van der Waals surface area contributed by atoms with Gasteiger partial charge in [-0.1, -0.05) is 78.9 Å². The fraction of sp³-hybridized carbons (Fsp3) is 0.297. The number of nitrogens with one attached hydrogen (secondary N) is 1. The normalized spacial score (nSPS) is 14.1. The summed E-state index contributed by atoms with van der Waals surface area (Å²) >= 11 is 12.8. The molecule has 1 aliphatic carbocycles. The Hall–Kier alpha value is -4.12. The van der Waals surface area contributed by atoms with Crippen molar-refractivity contribution in [3.05, 3.63) is 124 Å². The second kappa shape index (κ2) is 16.5. The summed E-state index contributed by atoms with van der Waals surface area (Å²) < 4.78 is 48.5. The van der Waals surface area contributed by atoms with E-state index in [1.807, 2.05) is 30.3 Å². The van der Waals surface area contributed by atoms with E-state index in [0.717, 1.165) is 54.1 Å². The molecule has 0 aromatic heterocycles. The number of amides is 2. The van der Waals surface area contributed by atoms with E-state index in [9.17, 15) is 22.4 Å². The van der Waals surface area contributed by atoms with Crippen LogP contribution in [0.2, 0.25) is 10.0 Å². The predicted octanol–water partition coefficient (Wildman–Crippen LogP) is 7.43. The maximum Gasteiger partial charge on any atom is 0.264 e.